The molecule has 2 aromatic carbocycles. The third-order valence-electron chi connectivity index (χ3n) is 3.75. The molecule has 1 heterocycles. The normalized spacial score (nSPS) is 11.8. The van der Waals surface area contributed by atoms with Crippen LogP contribution in [-0.2, 0) is 18.8 Å². The van der Waals surface area contributed by atoms with Crippen LogP contribution in [0.1, 0.15) is 11.1 Å². The van der Waals surface area contributed by atoms with Gasteiger partial charge in [-0.1, -0.05) is 24.3 Å². The quantitative estimate of drug-likeness (QED) is 0.517. The Morgan fingerprint density at radius 3 is 2.50 bits per heavy atom. The van der Waals surface area contributed by atoms with Crippen molar-refractivity contribution < 1.29 is 18.3 Å². The van der Waals surface area contributed by atoms with E-state index in [1.54, 1.807) is 24.3 Å². The highest BCUT2D eigenvalue weighted by Gasteiger charge is 2.31. The summed E-state index contributed by atoms with van der Waals surface area (Å²) in [6.07, 6.45) is -3.66. The Bertz CT molecular complexity index is 1180. The van der Waals surface area contributed by atoms with Crippen LogP contribution in [0.2, 0.25) is 0 Å². The van der Waals surface area contributed by atoms with Gasteiger partial charge in [0.05, 0.1) is 11.3 Å². The second kappa shape index (κ2) is 7.31. The van der Waals surface area contributed by atoms with Crippen LogP contribution < -0.4 is 11.2 Å². The first kappa shape index (κ1) is 19.4. The molecule has 0 aliphatic rings. The number of aromatic amines is 1. The Morgan fingerprint density at radius 2 is 1.82 bits per heavy atom. The Balaban J connectivity index is 2.15. The molecule has 0 amide bonds. The largest absolute Gasteiger partial charge is 0.778 e. The minimum absolute atomic E-state index is 0.271. The zero-order chi connectivity index (χ0) is 20.5. The Kier molecular flexibility index (Phi) is 5.06. The van der Waals surface area contributed by atoms with Gasteiger partial charge in [-0.15, -0.1) is 4.90 Å². The summed E-state index contributed by atoms with van der Waals surface area (Å²) in [5.74, 6) is -0.848. The summed E-state index contributed by atoms with van der Waals surface area (Å²) < 4.78 is 39.4. The van der Waals surface area contributed by atoms with Gasteiger partial charge in [0.1, 0.15) is 5.56 Å². The van der Waals surface area contributed by atoms with Gasteiger partial charge in [0.2, 0.25) is 5.88 Å². The number of H-pyrrole nitrogens is 1. The number of alkyl halides is 3. The van der Waals surface area contributed by atoms with Crippen LogP contribution in [0, 0.1) is 0 Å². The molecule has 144 valence electrons. The lowest BCUT2D eigenvalue weighted by Gasteiger charge is -2.12. The van der Waals surface area contributed by atoms with Crippen LogP contribution in [0.3, 0.4) is 0 Å². The molecule has 0 radical (unpaired) electrons. The summed E-state index contributed by atoms with van der Waals surface area (Å²) in [7, 11) is 0. The average molecular weight is 406 g/mol. The van der Waals surface area contributed by atoms with E-state index in [1.807, 2.05) is 4.98 Å². The molecule has 3 aromatic rings. The third kappa shape index (κ3) is 3.81. The van der Waals surface area contributed by atoms with Crippen LogP contribution in [0.25, 0.3) is 5.69 Å². The fourth-order valence-corrected chi connectivity index (χ4v) is 2.61. The van der Waals surface area contributed by atoms with Crippen LogP contribution in [-0.4, -0.2) is 20.9 Å². The Labute approximate surface area is 161 Å². The maximum atomic E-state index is 12.9. The first-order valence-electron chi connectivity index (χ1n) is 7.74. The number of aliphatic imine (C=N–C) groups is 1. The number of nitrogens with zero attached hydrogens (tertiary/aromatic N) is 2. The molecule has 0 aliphatic carbocycles. The van der Waals surface area contributed by atoms with Gasteiger partial charge in [-0.25, -0.2) is 9.36 Å². The number of rotatable bonds is 3. The van der Waals surface area contributed by atoms with Crippen LogP contribution >= 0.6 is 0 Å². The van der Waals surface area contributed by atoms with Gasteiger partial charge >= 0.3 is 11.9 Å². The number of para-hydroxylation sites is 1. The smallest absolute Gasteiger partial charge is 0.416 e. The van der Waals surface area contributed by atoms with Crippen LogP contribution in [0.4, 0.5) is 18.9 Å². The summed E-state index contributed by atoms with van der Waals surface area (Å²) in [5.41, 5.74) is -3.40. The zero-order valence-corrected chi connectivity index (χ0v) is 14.7. The summed E-state index contributed by atoms with van der Waals surface area (Å²) >= 11 is 5.08. The zero-order valence-electron chi connectivity index (χ0n) is 13.9. The monoisotopic (exact) mass is 406 g/mol. The molecule has 0 bridgehead atoms. The van der Waals surface area contributed by atoms with E-state index in [0.29, 0.717) is 21.2 Å². The van der Waals surface area contributed by atoms with Crippen molar-refractivity contribution in [3.8, 4) is 11.6 Å². The highest BCUT2D eigenvalue weighted by Crippen LogP contribution is 2.30. The minimum Gasteiger partial charge on any atom is -0.778 e. The van der Waals surface area contributed by atoms with E-state index >= 15 is 0 Å². The number of halogens is 3. The van der Waals surface area contributed by atoms with Crippen molar-refractivity contribution in [1.29, 1.82) is 0 Å². The molecule has 10 heteroatoms. The van der Waals surface area contributed by atoms with Crippen molar-refractivity contribution in [2.45, 2.75) is 11.1 Å². The van der Waals surface area contributed by atoms with Gasteiger partial charge in [0.15, 0.2) is 0 Å². The summed E-state index contributed by atoms with van der Waals surface area (Å²) in [4.78, 5) is 30.5. The van der Waals surface area contributed by atoms with E-state index in [4.69, 9.17) is 12.6 Å². The molecule has 0 fully saturated rings. The fraction of sp³-hybridized carbons (Fsp3) is 0.0556. The molecule has 0 saturated carbocycles. The van der Waals surface area contributed by atoms with Crippen LogP contribution in [0.15, 0.2) is 68.0 Å². The molecule has 0 aliphatic heterocycles. The molecule has 28 heavy (non-hydrogen) atoms. The maximum absolute atomic E-state index is 12.9. The number of hydrogen-bond acceptors (Lipinski definition) is 5. The van der Waals surface area contributed by atoms with Crippen molar-refractivity contribution in [2.24, 2.45) is 4.99 Å². The average Bonchev–Trinajstić information content (AvgIpc) is 2.62. The number of aromatic hydroxyl groups is 1. The van der Waals surface area contributed by atoms with Gasteiger partial charge in [-0.05, 0) is 24.3 Å². The number of benzene rings is 2. The molecule has 0 atom stereocenters. The van der Waals surface area contributed by atoms with Gasteiger partial charge in [0, 0.05) is 11.9 Å². The first-order valence-corrected chi connectivity index (χ1v) is 8.15. The second-order valence-corrected chi connectivity index (χ2v) is 6.05. The molecule has 2 N–H and O–H groups in total. The summed E-state index contributed by atoms with van der Waals surface area (Å²) in [5, 5.41) is 10.4. The van der Waals surface area contributed by atoms with Gasteiger partial charge in [-0.3, -0.25) is 14.8 Å². The topological polar surface area (TPSA) is 87.5 Å². The van der Waals surface area contributed by atoms with Crippen molar-refractivity contribution in [1.82, 2.24) is 9.55 Å². The lowest BCUT2D eigenvalue weighted by atomic mass is 10.2. The van der Waals surface area contributed by atoms with Crippen molar-refractivity contribution >= 4 is 24.5 Å². The number of aromatic nitrogens is 2. The molecule has 0 unspecified atom stereocenters. The van der Waals surface area contributed by atoms with Crippen LogP contribution in [0.5, 0.6) is 5.88 Å². The van der Waals surface area contributed by atoms with Crippen molar-refractivity contribution in [3.63, 3.8) is 0 Å². The fourth-order valence-electron chi connectivity index (χ4n) is 2.41. The maximum Gasteiger partial charge on any atom is 0.416 e. The highest BCUT2D eigenvalue weighted by molar-refractivity contribution is 7.59. The lowest BCUT2D eigenvalue weighted by Crippen LogP contribution is -2.31. The predicted octanol–water partition coefficient (Wildman–Crippen LogP) is 2.91. The Hall–Kier alpha value is -3.40. The van der Waals surface area contributed by atoms with Gasteiger partial charge in [-0.2, -0.15) is 13.2 Å². The van der Waals surface area contributed by atoms with E-state index in [2.05, 4.69) is 4.99 Å². The molecule has 3 rings (SSSR count). The molecule has 0 saturated heterocycles. The van der Waals surface area contributed by atoms with Gasteiger partial charge in [0.25, 0.3) is 5.56 Å². The summed E-state index contributed by atoms with van der Waals surface area (Å²) in [6.45, 7) is 0. The predicted molar refractivity (Wildman–Crippen MR) is 98.7 cm³/mol. The minimum atomic E-state index is -4.64. The van der Waals surface area contributed by atoms with Crippen molar-refractivity contribution in [3.05, 3.63) is 80.5 Å². The lowest BCUT2D eigenvalue weighted by molar-refractivity contribution is -0.137. The highest BCUT2D eigenvalue weighted by atomic mass is 32.1. The third-order valence-corrected chi connectivity index (χ3v) is 4.10. The number of nitrogens with one attached hydrogen (secondary N) is 1. The molecule has 1 aromatic heterocycles. The Morgan fingerprint density at radius 1 is 1.11 bits per heavy atom. The molecular formula is C18H11F3N3O3S-. The van der Waals surface area contributed by atoms with E-state index < -0.39 is 34.4 Å². The standard InChI is InChI=1S/C18H12F3N3O3S/c19-18(20,21)10-4-3-5-11(8-10)24-16(26)12(15(25)23-17(24)27)9-22-13-6-1-2-7-14(13)28/h1-9,26,28H,(H,23,25,27)/p-1. The van der Waals surface area contributed by atoms with Crippen molar-refractivity contribution in [2.75, 3.05) is 0 Å². The summed E-state index contributed by atoms with van der Waals surface area (Å²) in [6, 6.07) is 10.3. The molecule has 0 spiro atoms. The second-order valence-electron chi connectivity index (χ2n) is 5.61. The van der Waals surface area contributed by atoms with E-state index in [-0.39, 0.29) is 5.69 Å². The SMILES string of the molecule is O=c1[nH]c(=O)n(-c2cccc(C(F)(F)F)c2)c(O)c1C=Nc1ccccc1[S-]. The number of hydrogen-bond donors (Lipinski definition) is 2. The molecular weight excluding hydrogens is 395 g/mol. The molecule has 6 nitrogen and oxygen atoms in total. The first-order chi connectivity index (χ1) is 13.2. The van der Waals surface area contributed by atoms with Gasteiger partial charge < -0.3 is 17.7 Å². The van der Waals surface area contributed by atoms with E-state index in [0.717, 1.165) is 18.3 Å². The van der Waals surface area contributed by atoms with E-state index in [9.17, 15) is 27.9 Å². The van der Waals surface area contributed by atoms with E-state index in [1.165, 1.54) is 6.07 Å².